The highest BCUT2D eigenvalue weighted by Crippen LogP contribution is 1.88. The monoisotopic (exact) mass is 296 g/mol. The van der Waals surface area contributed by atoms with E-state index in [4.69, 9.17) is 0 Å². The molecule has 2 amide bonds. The molecule has 0 saturated heterocycles. The zero-order valence-corrected chi connectivity index (χ0v) is 11.4. The van der Waals surface area contributed by atoms with Crippen LogP contribution in [0.3, 0.4) is 0 Å². The summed E-state index contributed by atoms with van der Waals surface area (Å²) in [5, 5.41) is 7.23. The molecule has 0 radical (unpaired) electrons. The summed E-state index contributed by atoms with van der Waals surface area (Å²) in [5.74, 6) is -1.88. The van der Waals surface area contributed by atoms with Crippen molar-refractivity contribution in [1.82, 2.24) is 20.8 Å². The van der Waals surface area contributed by atoms with Gasteiger partial charge in [-0.05, 0) is 24.3 Å². The van der Waals surface area contributed by atoms with Crippen LogP contribution in [0.5, 0.6) is 0 Å². The van der Waals surface area contributed by atoms with Crippen molar-refractivity contribution in [2.24, 2.45) is 10.2 Å². The fraction of sp³-hybridized carbons (Fsp3) is 0. The summed E-state index contributed by atoms with van der Waals surface area (Å²) in [6.07, 6.45) is 5.81. The van der Waals surface area contributed by atoms with Crippen LogP contribution in [0.2, 0.25) is 0 Å². The first-order chi connectivity index (χ1) is 10.8. The topological polar surface area (TPSA) is 109 Å². The van der Waals surface area contributed by atoms with Gasteiger partial charge in [0.05, 0.1) is 23.8 Å². The molecule has 8 heteroatoms. The number of aromatic nitrogens is 2. The number of hydrogen-bond donors (Lipinski definition) is 2. The maximum Gasteiger partial charge on any atom is 0.331 e. The van der Waals surface area contributed by atoms with Crippen LogP contribution in [0.4, 0.5) is 0 Å². The Morgan fingerprint density at radius 2 is 1.27 bits per heavy atom. The molecule has 0 saturated carbocycles. The molecule has 0 aliphatic rings. The fourth-order valence-corrected chi connectivity index (χ4v) is 1.32. The highest BCUT2D eigenvalue weighted by atomic mass is 16.2. The summed E-state index contributed by atoms with van der Waals surface area (Å²) < 4.78 is 0. The number of nitrogens with one attached hydrogen (secondary N) is 2. The summed E-state index contributed by atoms with van der Waals surface area (Å²) in [5.41, 5.74) is 5.24. The van der Waals surface area contributed by atoms with Gasteiger partial charge in [0.1, 0.15) is 0 Å². The lowest BCUT2D eigenvalue weighted by Crippen LogP contribution is -2.35. The van der Waals surface area contributed by atoms with Crippen LogP contribution in [0.15, 0.2) is 59.0 Å². The van der Waals surface area contributed by atoms with Gasteiger partial charge >= 0.3 is 11.8 Å². The molecule has 0 aromatic carbocycles. The normalized spacial score (nSPS) is 10.7. The Morgan fingerprint density at radius 1 is 0.818 bits per heavy atom. The summed E-state index contributed by atoms with van der Waals surface area (Å²) in [6.45, 7) is 0. The highest BCUT2D eigenvalue weighted by molar-refractivity contribution is 6.35. The van der Waals surface area contributed by atoms with E-state index in [0.29, 0.717) is 11.4 Å². The minimum atomic E-state index is -0.939. The smallest absolute Gasteiger partial charge is 0.262 e. The predicted molar refractivity (Wildman–Crippen MR) is 79.9 cm³/mol. The number of carbonyl (C=O) groups excluding carboxylic acids is 2. The first-order valence-electron chi connectivity index (χ1n) is 6.24. The van der Waals surface area contributed by atoms with Crippen LogP contribution in [0.25, 0.3) is 0 Å². The third-order valence-electron chi connectivity index (χ3n) is 2.31. The molecule has 0 bridgehead atoms. The standard InChI is InChI=1S/C14H12N6O2/c21-13(19-17-9-11-5-1-3-7-15-11)14(22)20-18-10-12-6-2-4-8-16-12/h1-10H,(H,19,21)(H,20,22)/b17-9+,18-10+. The van der Waals surface area contributed by atoms with Gasteiger partial charge in [0.15, 0.2) is 0 Å². The zero-order valence-electron chi connectivity index (χ0n) is 11.4. The lowest BCUT2D eigenvalue weighted by molar-refractivity contribution is -0.139. The van der Waals surface area contributed by atoms with Gasteiger partial charge in [-0.25, -0.2) is 10.9 Å². The highest BCUT2D eigenvalue weighted by Gasteiger charge is 2.10. The van der Waals surface area contributed by atoms with E-state index in [0.717, 1.165) is 0 Å². The van der Waals surface area contributed by atoms with Crippen molar-refractivity contribution in [3.05, 3.63) is 60.2 Å². The number of hydrogen-bond acceptors (Lipinski definition) is 6. The Labute approximate surface area is 126 Å². The lowest BCUT2D eigenvalue weighted by Gasteiger charge is -1.97. The van der Waals surface area contributed by atoms with E-state index in [1.807, 2.05) is 0 Å². The van der Waals surface area contributed by atoms with Crippen LogP contribution >= 0.6 is 0 Å². The maximum atomic E-state index is 11.4. The van der Waals surface area contributed by atoms with Gasteiger partial charge in [-0.15, -0.1) is 0 Å². The molecule has 2 rings (SSSR count). The van der Waals surface area contributed by atoms with E-state index in [1.54, 1.807) is 48.8 Å². The van der Waals surface area contributed by atoms with Crippen LogP contribution in [-0.2, 0) is 9.59 Å². The van der Waals surface area contributed by atoms with Crippen molar-refractivity contribution < 1.29 is 9.59 Å². The summed E-state index contributed by atoms with van der Waals surface area (Å²) in [7, 11) is 0. The van der Waals surface area contributed by atoms with E-state index in [9.17, 15) is 9.59 Å². The molecule has 0 atom stereocenters. The summed E-state index contributed by atoms with van der Waals surface area (Å²) in [6, 6.07) is 10.5. The molecule has 2 N–H and O–H groups in total. The van der Waals surface area contributed by atoms with Crippen molar-refractivity contribution in [2.45, 2.75) is 0 Å². The van der Waals surface area contributed by atoms with Gasteiger partial charge in [-0.1, -0.05) is 12.1 Å². The number of pyridine rings is 2. The van der Waals surface area contributed by atoms with Gasteiger partial charge in [0.2, 0.25) is 0 Å². The van der Waals surface area contributed by atoms with Crippen molar-refractivity contribution >= 4 is 24.2 Å². The van der Waals surface area contributed by atoms with Crippen LogP contribution < -0.4 is 10.9 Å². The Morgan fingerprint density at radius 3 is 1.64 bits per heavy atom. The Hall–Kier alpha value is -3.42. The number of nitrogens with zero attached hydrogens (tertiary/aromatic N) is 4. The molecule has 0 spiro atoms. The van der Waals surface area contributed by atoms with Crippen molar-refractivity contribution in [2.75, 3.05) is 0 Å². The predicted octanol–water partition coefficient (Wildman–Crippen LogP) is 0.0770. The first-order valence-corrected chi connectivity index (χ1v) is 6.24. The average Bonchev–Trinajstić information content (AvgIpc) is 2.56. The molecule has 110 valence electrons. The zero-order chi connectivity index (χ0) is 15.6. The molecule has 22 heavy (non-hydrogen) atoms. The second kappa shape index (κ2) is 8.00. The molecule has 2 aromatic rings. The molecular formula is C14H12N6O2. The molecule has 2 heterocycles. The third kappa shape index (κ3) is 4.93. The van der Waals surface area contributed by atoms with Crippen molar-refractivity contribution in [1.29, 1.82) is 0 Å². The first kappa shape index (κ1) is 15.0. The van der Waals surface area contributed by atoms with Gasteiger partial charge in [0, 0.05) is 12.4 Å². The third-order valence-corrected chi connectivity index (χ3v) is 2.31. The van der Waals surface area contributed by atoms with Crippen LogP contribution in [0, 0.1) is 0 Å². The minimum Gasteiger partial charge on any atom is -0.262 e. The Bertz CT molecular complexity index is 623. The molecule has 0 fully saturated rings. The van der Waals surface area contributed by atoms with Crippen molar-refractivity contribution in [3.63, 3.8) is 0 Å². The molecule has 0 unspecified atom stereocenters. The quantitative estimate of drug-likeness (QED) is 0.473. The Kier molecular flexibility index (Phi) is 5.45. The number of rotatable bonds is 4. The second-order valence-electron chi connectivity index (χ2n) is 3.91. The molecular weight excluding hydrogens is 284 g/mol. The lowest BCUT2D eigenvalue weighted by atomic mass is 10.4. The molecule has 8 nitrogen and oxygen atoms in total. The van der Waals surface area contributed by atoms with Gasteiger partial charge in [-0.3, -0.25) is 19.6 Å². The molecule has 0 aliphatic carbocycles. The van der Waals surface area contributed by atoms with Crippen LogP contribution in [-0.4, -0.2) is 34.2 Å². The van der Waals surface area contributed by atoms with Gasteiger partial charge < -0.3 is 0 Å². The number of amides is 2. The number of carbonyl (C=O) groups is 2. The van der Waals surface area contributed by atoms with Gasteiger partial charge in [0.25, 0.3) is 0 Å². The average molecular weight is 296 g/mol. The van der Waals surface area contributed by atoms with Crippen LogP contribution in [0.1, 0.15) is 11.4 Å². The largest absolute Gasteiger partial charge is 0.331 e. The molecule has 0 aliphatic heterocycles. The van der Waals surface area contributed by atoms with Crippen molar-refractivity contribution in [3.8, 4) is 0 Å². The number of hydrazone groups is 2. The van der Waals surface area contributed by atoms with Gasteiger partial charge in [-0.2, -0.15) is 10.2 Å². The SMILES string of the molecule is O=C(N/N=C/c1ccccn1)C(=O)N/N=C/c1ccccn1. The van der Waals surface area contributed by atoms with E-state index < -0.39 is 11.8 Å². The Balaban J connectivity index is 1.79. The second-order valence-corrected chi connectivity index (χ2v) is 3.91. The maximum absolute atomic E-state index is 11.4. The molecule has 2 aromatic heterocycles. The van der Waals surface area contributed by atoms with E-state index in [2.05, 4.69) is 31.0 Å². The minimum absolute atomic E-state index is 0.552. The summed E-state index contributed by atoms with van der Waals surface area (Å²) in [4.78, 5) is 30.8. The van der Waals surface area contributed by atoms with E-state index in [1.165, 1.54) is 12.4 Å². The van der Waals surface area contributed by atoms with E-state index in [-0.39, 0.29) is 0 Å². The fourth-order valence-electron chi connectivity index (χ4n) is 1.32. The summed E-state index contributed by atoms with van der Waals surface area (Å²) >= 11 is 0. The van der Waals surface area contributed by atoms with E-state index >= 15 is 0 Å².